The average Bonchev–Trinajstić information content (AvgIpc) is 2.89. The van der Waals surface area contributed by atoms with Gasteiger partial charge in [-0.25, -0.2) is 9.11 Å². The summed E-state index contributed by atoms with van der Waals surface area (Å²) in [4.78, 5) is 2.02. The van der Waals surface area contributed by atoms with E-state index in [0.29, 0.717) is 23.4 Å². The van der Waals surface area contributed by atoms with Crippen LogP contribution in [-0.4, -0.2) is 30.1 Å². The number of benzene rings is 1. The monoisotopic (exact) mass is 348 g/mol. The van der Waals surface area contributed by atoms with Crippen molar-refractivity contribution in [2.24, 2.45) is 11.8 Å². The highest BCUT2D eigenvalue weighted by Gasteiger charge is 2.59. The van der Waals surface area contributed by atoms with Crippen molar-refractivity contribution in [3.8, 4) is 0 Å². The predicted molar refractivity (Wildman–Crippen MR) is 84.7 cm³/mol. The molecule has 9 heteroatoms. The third-order valence-electron chi connectivity index (χ3n) is 4.76. The number of aromatic nitrogens is 3. The molecule has 0 bridgehead atoms. The van der Waals surface area contributed by atoms with E-state index < -0.39 is 17.1 Å². The number of rotatable bonds is 5. The Labute approximate surface area is 140 Å². The third kappa shape index (κ3) is 2.54. The lowest BCUT2D eigenvalue weighted by Crippen LogP contribution is -2.23. The van der Waals surface area contributed by atoms with Crippen molar-refractivity contribution >= 4 is 17.0 Å². The van der Waals surface area contributed by atoms with E-state index in [0.717, 1.165) is 17.9 Å². The smallest absolute Gasteiger partial charge is 0.129 e. The molecule has 0 spiro atoms. The molecule has 24 heavy (non-hydrogen) atoms. The molecule has 2 heterocycles. The van der Waals surface area contributed by atoms with Crippen LogP contribution >= 0.6 is 0 Å². The lowest BCUT2D eigenvalue weighted by molar-refractivity contribution is 0.520. The van der Waals surface area contributed by atoms with E-state index in [-0.39, 0.29) is 6.54 Å². The van der Waals surface area contributed by atoms with Gasteiger partial charge in [0.15, 0.2) is 0 Å². The first-order valence-corrected chi connectivity index (χ1v) is 8.55. The molecule has 2 aliphatic rings. The Morgan fingerprint density at radius 3 is 2.75 bits per heavy atom. The van der Waals surface area contributed by atoms with Crippen molar-refractivity contribution in [1.29, 1.82) is 0 Å². The summed E-state index contributed by atoms with van der Waals surface area (Å²) in [6.07, 6.45) is 3.42. The van der Waals surface area contributed by atoms with E-state index in [4.69, 9.17) is 0 Å². The molecule has 126 valence electrons. The lowest BCUT2D eigenvalue weighted by atomic mass is 10.1. The van der Waals surface area contributed by atoms with Gasteiger partial charge in [0.05, 0.1) is 0 Å². The van der Waals surface area contributed by atoms with E-state index in [1.165, 1.54) is 6.07 Å². The van der Waals surface area contributed by atoms with Gasteiger partial charge in [-0.3, -0.25) is 4.21 Å². The Bertz CT molecular complexity index is 812. The Balaban J connectivity index is 1.47. The number of nitrogens with one attached hydrogen (secondary N) is 1. The first-order valence-electron chi connectivity index (χ1n) is 7.48. The highest BCUT2D eigenvalue weighted by molar-refractivity contribution is 7.77. The maximum atomic E-state index is 14.2. The van der Waals surface area contributed by atoms with E-state index in [2.05, 4.69) is 21.5 Å². The summed E-state index contributed by atoms with van der Waals surface area (Å²) < 4.78 is 39.4. The molecule has 2 fully saturated rings. The molecule has 1 N–H and O–H groups in total. The number of allylic oxidation sites excluding steroid dienone is 1. The largest absolute Gasteiger partial charge is 0.760 e. The summed E-state index contributed by atoms with van der Waals surface area (Å²) in [5.41, 5.74) is 2.00. The van der Waals surface area contributed by atoms with Gasteiger partial charge < -0.3 is 14.0 Å². The number of hydrogen-bond donors (Lipinski definition) is 1. The summed E-state index contributed by atoms with van der Waals surface area (Å²) in [5, 5.41) is 7.67. The Morgan fingerprint density at radius 2 is 2.17 bits per heavy atom. The first kappa shape index (κ1) is 15.4. The standard InChI is InChI=1S/C15H16FN5O2S/c1-9-14-12(15(14)20-7-17-18-8-20)6-21(9)11-3-2-10(13(16)4-11)5-19-24(22)23/h2-4,7-8,12,14-15,19H,1,5-6H2,(H,22,23)/p-1. The van der Waals surface area contributed by atoms with Crippen LogP contribution in [0.5, 0.6) is 0 Å². The zero-order valence-corrected chi connectivity index (χ0v) is 13.4. The van der Waals surface area contributed by atoms with Gasteiger partial charge >= 0.3 is 0 Å². The van der Waals surface area contributed by atoms with Gasteiger partial charge in [-0.05, 0) is 12.1 Å². The minimum absolute atomic E-state index is 0.0654. The van der Waals surface area contributed by atoms with Crippen molar-refractivity contribution in [2.75, 3.05) is 11.4 Å². The number of anilines is 1. The van der Waals surface area contributed by atoms with E-state index in [1.54, 1.807) is 24.8 Å². The third-order valence-corrected chi connectivity index (χ3v) is 5.14. The second kappa shape index (κ2) is 5.76. The van der Waals surface area contributed by atoms with Crippen LogP contribution in [-0.2, 0) is 17.8 Å². The van der Waals surface area contributed by atoms with Gasteiger partial charge in [0.25, 0.3) is 0 Å². The molecule has 1 saturated heterocycles. The zero-order valence-electron chi connectivity index (χ0n) is 12.6. The molecule has 1 aromatic heterocycles. The first-order chi connectivity index (χ1) is 11.6. The van der Waals surface area contributed by atoms with Crippen LogP contribution in [0.25, 0.3) is 0 Å². The Kier molecular flexibility index (Phi) is 3.70. The lowest BCUT2D eigenvalue weighted by Gasteiger charge is -2.24. The summed E-state index contributed by atoms with van der Waals surface area (Å²) >= 11 is -2.41. The molecule has 1 aliphatic carbocycles. The van der Waals surface area contributed by atoms with Crippen molar-refractivity contribution in [3.63, 3.8) is 0 Å². The SMILES string of the molecule is C=C1C2C(CN1c1ccc(CNS(=O)[O-])c(F)c1)C2n1cnnc1. The van der Waals surface area contributed by atoms with Crippen molar-refractivity contribution in [1.82, 2.24) is 19.5 Å². The predicted octanol–water partition coefficient (Wildman–Crippen LogP) is 1.12. The molecule has 1 saturated carbocycles. The number of halogens is 1. The van der Waals surface area contributed by atoms with Crippen LogP contribution in [0.4, 0.5) is 10.1 Å². The summed E-state index contributed by atoms with van der Waals surface area (Å²) in [6.45, 7) is 4.87. The van der Waals surface area contributed by atoms with Crippen LogP contribution in [0.2, 0.25) is 0 Å². The van der Waals surface area contributed by atoms with E-state index >= 15 is 0 Å². The van der Waals surface area contributed by atoms with Crippen LogP contribution in [0.1, 0.15) is 11.6 Å². The topological polar surface area (TPSA) is 86.1 Å². The fourth-order valence-electron chi connectivity index (χ4n) is 3.55. The van der Waals surface area contributed by atoms with E-state index in [9.17, 15) is 13.2 Å². The quantitative estimate of drug-likeness (QED) is 0.819. The maximum Gasteiger partial charge on any atom is 0.129 e. The molecule has 0 amide bonds. The average molecular weight is 348 g/mol. The molecule has 7 nitrogen and oxygen atoms in total. The van der Waals surface area contributed by atoms with Crippen LogP contribution < -0.4 is 9.62 Å². The molecule has 4 rings (SSSR count). The number of hydrogen-bond acceptors (Lipinski definition) is 5. The van der Waals surface area contributed by atoms with Gasteiger partial charge in [0.2, 0.25) is 0 Å². The van der Waals surface area contributed by atoms with Crippen molar-refractivity contribution in [2.45, 2.75) is 12.6 Å². The molecule has 1 aliphatic heterocycles. The van der Waals surface area contributed by atoms with Crippen LogP contribution in [0.3, 0.4) is 0 Å². The highest BCUT2D eigenvalue weighted by Crippen LogP contribution is 2.60. The summed E-state index contributed by atoms with van der Waals surface area (Å²) in [6, 6.07) is 5.15. The van der Waals surface area contributed by atoms with Gasteiger partial charge in [-0.2, -0.15) is 0 Å². The highest BCUT2D eigenvalue weighted by atomic mass is 32.2. The second-order valence-electron chi connectivity index (χ2n) is 6.02. The van der Waals surface area contributed by atoms with Gasteiger partial charge in [0.1, 0.15) is 18.5 Å². The van der Waals surface area contributed by atoms with Crippen LogP contribution in [0.15, 0.2) is 43.1 Å². The Morgan fingerprint density at radius 1 is 1.42 bits per heavy atom. The fourth-order valence-corrected chi connectivity index (χ4v) is 3.83. The van der Waals surface area contributed by atoms with Gasteiger partial charge in [-0.15, -0.1) is 10.2 Å². The molecule has 2 aromatic rings. The molecule has 4 unspecified atom stereocenters. The molecule has 4 atom stereocenters. The number of fused-ring (bicyclic) bond motifs is 1. The van der Waals surface area contributed by atoms with Crippen LogP contribution in [0, 0.1) is 17.7 Å². The minimum atomic E-state index is -2.41. The number of nitrogens with zero attached hydrogens (tertiary/aromatic N) is 4. The maximum absolute atomic E-state index is 14.2. The minimum Gasteiger partial charge on any atom is -0.760 e. The second-order valence-corrected chi connectivity index (χ2v) is 6.78. The normalized spacial score (nSPS) is 26.5. The fraction of sp³-hybridized carbons (Fsp3) is 0.333. The van der Waals surface area contributed by atoms with Crippen molar-refractivity contribution < 1.29 is 13.2 Å². The molecule has 1 aromatic carbocycles. The zero-order chi connectivity index (χ0) is 16.8. The van der Waals surface area contributed by atoms with Gasteiger partial charge in [-0.1, -0.05) is 12.6 Å². The molecule has 0 radical (unpaired) electrons. The molecular formula is C15H15FN5O2S-. The Hall–Kier alpha value is -2.10. The summed E-state index contributed by atoms with van der Waals surface area (Å²) in [7, 11) is 0. The van der Waals surface area contributed by atoms with E-state index in [1.807, 2.05) is 9.47 Å². The number of piperidine rings is 1. The van der Waals surface area contributed by atoms with Crippen molar-refractivity contribution in [3.05, 3.63) is 54.5 Å². The molecular weight excluding hydrogens is 333 g/mol. The van der Waals surface area contributed by atoms with Gasteiger partial charge in [0, 0.05) is 59.2 Å². The summed E-state index contributed by atoms with van der Waals surface area (Å²) in [5.74, 6) is 0.322.